The van der Waals surface area contributed by atoms with Gasteiger partial charge in [-0.15, -0.1) is 10.2 Å². The second-order valence-corrected chi connectivity index (χ2v) is 10.4. The first-order valence-corrected chi connectivity index (χ1v) is 13.7. The van der Waals surface area contributed by atoms with E-state index >= 15 is 0 Å². The molecule has 0 spiro atoms. The Kier molecular flexibility index (Phi) is 7.94. The highest BCUT2D eigenvalue weighted by atomic mass is 35.5. The fourth-order valence-electron chi connectivity index (χ4n) is 3.35. The van der Waals surface area contributed by atoms with Gasteiger partial charge in [0.2, 0.25) is 15.9 Å². The highest BCUT2D eigenvalue weighted by Gasteiger charge is 2.18. The number of sulfonamides is 1. The van der Waals surface area contributed by atoms with E-state index in [-0.39, 0.29) is 16.6 Å². The van der Waals surface area contributed by atoms with Crippen LogP contribution in [-0.2, 0) is 14.8 Å². The van der Waals surface area contributed by atoms with Crippen molar-refractivity contribution in [1.29, 1.82) is 0 Å². The van der Waals surface area contributed by atoms with E-state index in [9.17, 15) is 13.2 Å². The van der Waals surface area contributed by atoms with Crippen LogP contribution in [0.1, 0.15) is 6.92 Å². The topological polar surface area (TPSA) is 129 Å². The monoisotopic (exact) mass is 543 g/mol. The number of ether oxygens (including phenoxy) is 1. The molecule has 3 N–H and O–H groups in total. The Balaban J connectivity index is 1.59. The van der Waals surface area contributed by atoms with Crippen molar-refractivity contribution in [1.82, 2.24) is 14.8 Å². The quantitative estimate of drug-likeness (QED) is 0.300. The number of nitrogens with two attached hydrogens (primary N) is 1. The third kappa shape index (κ3) is 6.24. The van der Waals surface area contributed by atoms with Crippen LogP contribution in [0.2, 0.25) is 5.02 Å². The van der Waals surface area contributed by atoms with Crippen LogP contribution in [0.25, 0.3) is 17.1 Å². The molecule has 9 nitrogen and oxygen atoms in total. The zero-order valence-corrected chi connectivity index (χ0v) is 21.5. The molecule has 4 rings (SSSR count). The number of halogens is 1. The molecule has 0 bridgehead atoms. The average Bonchev–Trinajstić information content (AvgIpc) is 3.27. The summed E-state index contributed by atoms with van der Waals surface area (Å²) in [5.74, 6) is 0.945. The first-order valence-electron chi connectivity index (χ1n) is 10.7. The van der Waals surface area contributed by atoms with Gasteiger partial charge in [-0.1, -0.05) is 41.6 Å². The summed E-state index contributed by atoms with van der Waals surface area (Å²) < 4.78 is 30.5. The zero-order chi connectivity index (χ0) is 25.7. The zero-order valence-electron chi connectivity index (χ0n) is 19.1. The largest absolute Gasteiger partial charge is 0.494 e. The summed E-state index contributed by atoms with van der Waals surface area (Å²) in [4.78, 5) is 12.5. The molecule has 36 heavy (non-hydrogen) atoms. The fraction of sp³-hybridized carbons (Fsp3) is 0.125. The molecule has 0 aliphatic heterocycles. The number of carbonyl (C=O) groups is 1. The summed E-state index contributed by atoms with van der Waals surface area (Å²) in [6.45, 7) is 2.46. The van der Waals surface area contributed by atoms with Gasteiger partial charge in [0.1, 0.15) is 5.75 Å². The van der Waals surface area contributed by atoms with Crippen molar-refractivity contribution >= 4 is 45.0 Å². The molecular formula is C24H22ClN5O4S2. The number of nitrogens with zero attached hydrogens (tertiary/aromatic N) is 3. The summed E-state index contributed by atoms with van der Waals surface area (Å²) in [5, 5.41) is 17.6. The van der Waals surface area contributed by atoms with Gasteiger partial charge in [-0.3, -0.25) is 9.36 Å². The molecule has 0 atom stereocenters. The Morgan fingerprint density at radius 2 is 1.83 bits per heavy atom. The van der Waals surface area contributed by atoms with E-state index in [1.165, 1.54) is 30.0 Å². The van der Waals surface area contributed by atoms with Gasteiger partial charge in [0.05, 0.1) is 17.3 Å². The Labute approximate surface area is 217 Å². The van der Waals surface area contributed by atoms with Gasteiger partial charge in [0, 0.05) is 22.0 Å². The summed E-state index contributed by atoms with van der Waals surface area (Å²) in [6.07, 6.45) is 0. The lowest BCUT2D eigenvalue weighted by Gasteiger charge is -2.12. The Morgan fingerprint density at radius 1 is 1.08 bits per heavy atom. The van der Waals surface area contributed by atoms with Crippen molar-refractivity contribution in [2.75, 3.05) is 17.7 Å². The van der Waals surface area contributed by atoms with Crippen molar-refractivity contribution in [2.45, 2.75) is 17.0 Å². The lowest BCUT2D eigenvalue weighted by Crippen LogP contribution is -2.16. The molecule has 0 aliphatic carbocycles. The van der Waals surface area contributed by atoms with Crippen LogP contribution >= 0.6 is 23.4 Å². The van der Waals surface area contributed by atoms with Crippen LogP contribution in [0.15, 0.2) is 82.8 Å². The van der Waals surface area contributed by atoms with E-state index < -0.39 is 10.0 Å². The molecule has 3 aromatic carbocycles. The van der Waals surface area contributed by atoms with Crippen molar-refractivity contribution in [2.24, 2.45) is 5.14 Å². The van der Waals surface area contributed by atoms with E-state index in [0.717, 1.165) is 17.0 Å². The van der Waals surface area contributed by atoms with E-state index in [1.807, 2.05) is 47.9 Å². The Morgan fingerprint density at radius 3 is 2.53 bits per heavy atom. The van der Waals surface area contributed by atoms with Gasteiger partial charge in [-0.2, -0.15) is 0 Å². The summed E-state index contributed by atoms with van der Waals surface area (Å²) in [7, 11) is -3.88. The lowest BCUT2D eigenvalue weighted by atomic mass is 10.2. The molecule has 1 heterocycles. The molecule has 1 aromatic heterocycles. The van der Waals surface area contributed by atoms with Crippen LogP contribution in [0, 0.1) is 0 Å². The Hall–Kier alpha value is -3.38. The molecule has 186 valence electrons. The average molecular weight is 544 g/mol. The number of hydrogen-bond acceptors (Lipinski definition) is 7. The van der Waals surface area contributed by atoms with Gasteiger partial charge in [0.15, 0.2) is 11.0 Å². The number of amides is 1. The number of benzene rings is 3. The number of hydrogen-bond donors (Lipinski definition) is 2. The lowest BCUT2D eigenvalue weighted by molar-refractivity contribution is -0.113. The van der Waals surface area contributed by atoms with Crippen LogP contribution in [0.3, 0.4) is 0 Å². The van der Waals surface area contributed by atoms with Crippen LogP contribution in [-0.4, -0.2) is 41.4 Å². The number of carbonyl (C=O) groups excluding carboxylic acids is 1. The third-order valence-electron chi connectivity index (χ3n) is 4.90. The van der Waals surface area contributed by atoms with E-state index in [0.29, 0.717) is 28.3 Å². The maximum atomic E-state index is 12.6. The Bertz CT molecular complexity index is 1490. The second-order valence-electron chi connectivity index (χ2n) is 7.49. The smallest absolute Gasteiger partial charge is 0.238 e. The minimum atomic E-state index is -3.88. The fourth-order valence-corrected chi connectivity index (χ4v) is 4.85. The minimum absolute atomic E-state index is 0.00428. The van der Waals surface area contributed by atoms with Gasteiger partial charge < -0.3 is 10.1 Å². The van der Waals surface area contributed by atoms with Crippen molar-refractivity contribution < 1.29 is 17.9 Å². The maximum Gasteiger partial charge on any atom is 0.238 e. The highest BCUT2D eigenvalue weighted by molar-refractivity contribution is 7.99. The van der Waals surface area contributed by atoms with Gasteiger partial charge in [-0.05, 0) is 61.5 Å². The number of aromatic nitrogens is 3. The molecule has 0 unspecified atom stereocenters. The number of anilines is 1. The maximum absolute atomic E-state index is 12.6. The molecular weight excluding hydrogens is 522 g/mol. The molecule has 0 saturated carbocycles. The minimum Gasteiger partial charge on any atom is -0.494 e. The molecule has 0 aliphatic rings. The number of rotatable bonds is 9. The molecule has 4 aromatic rings. The summed E-state index contributed by atoms with van der Waals surface area (Å²) in [5.41, 5.74) is 1.86. The normalized spacial score (nSPS) is 11.3. The van der Waals surface area contributed by atoms with E-state index in [1.54, 1.807) is 18.2 Å². The molecule has 0 radical (unpaired) electrons. The van der Waals surface area contributed by atoms with Gasteiger partial charge >= 0.3 is 0 Å². The van der Waals surface area contributed by atoms with Crippen molar-refractivity contribution in [3.63, 3.8) is 0 Å². The number of primary sulfonamides is 1. The summed E-state index contributed by atoms with van der Waals surface area (Å²) in [6, 6.07) is 20.5. The molecule has 1 amide bonds. The van der Waals surface area contributed by atoms with E-state index in [2.05, 4.69) is 15.5 Å². The molecule has 0 saturated heterocycles. The SMILES string of the molecule is CCOc1ccc(-n2c(SCC(=O)Nc3cccc(S(N)(=O)=O)c3)nnc2-c2cccc(Cl)c2)cc1. The summed E-state index contributed by atoms with van der Waals surface area (Å²) >= 11 is 7.38. The van der Waals surface area contributed by atoms with Gasteiger partial charge in [0.25, 0.3) is 0 Å². The third-order valence-corrected chi connectivity index (χ3v) is 6.98. The number of thioether (sulfide) groups is 1. The van der Waals surface area contributed by atoms with Crippen LogP contribution in [0.5, 0.6) is 5.75 Å². The highest BCUT2D eigenvalue weighted by Crippen LogP contribution is 2.30. The second kappa shape index (κ2) is 11.1. The standard InChI is InChI=1S/C24H22ClN5O4S2/c1-2-34-20-11-9-19(10-12-20)30-23(16-5-3-6-17(25)13-16)28-29-24(30)35-15-22(31)27-18-7-4-8-21(14-18)36(26,32)33/h3-14H,2,15H2,1H3,(H,27,31)(H2,26,32,33). The predicted octanol–water partition coefficient (Wildman–Crippen LogP) is 4.36. The van der Waals surface area contributed by atoms with Crippen molar-refractivity contribution in [3.05, 3.63) is 77.8 Å². The van der Waals surface area contributed by atoms with Crippen molar-refractivity contribution in [3.8, 4) is 22.8 Å². The number of nitrogens with one attached hydrogen (secondary N) is 1. The first kappa shape index (κ1) is 25.7. The first-order chi connectivity index (χ1) is 17.2. The van der Waals surface area contributed by atoms with E-state index in [4.69, 9.17) is 21.5 Å². The molecule has 12 heteroatoms. The van der Waals surface area contributed by atoms with Crippen LogP contribution in [0.4, 0.5) is 5.69 Å². The predicted molar refractivity (Wildman–Crippen MR) is 140 cm³/mol. The van der Waals surface area contributed by atoms with Gasteiger partial charge in [-0.25, -0.2) is 13.6 Å². The molecule has 0 fully saturated rings. The van der Waals surface area contributed by atoms with Crippen LogP contribution < -0.4 is 15.2 Å².